The zero-order valence-corrected chi connectivity index (χ0v) is 10.0. The first-order chi connectivity index (χ1) is 7.65. The van der Waals surface area contributed by atoms with Crippen LogP contribution in [0.15, 0.2) is 24.3 Å². The standard InChI is InChI=1S/C13H21N3/c1-9(13-8-10(2)15-16-13)7-11-3-5-12(14)6-4-11/h3-6,9-10,13,15-16H,7-8,14H2,1-2H3. The van der Waals surface area contributed by atoms with Gasteiger partial charge in [0.25, 0.3) is 0 Å². The fourth-order valence-electron chi connectivity index (χ4n) is 2.29. The number of nitrogen functional groups attached to an aromatic ring is 1. The summed E-state index contributed by atoms with van der Waals surface area (Å²) in [6.07, 6.45) is 2.31. The second kappa shape index (κ2) is 4.85. The molecule has 1 aliphatic rings. The molecule has 0 spiro atoms. The minimum Gasteiger partial charge on any atom is -0.399 e. The third-order valence-corrected chi connectivity index (χ3v) is 3.35. The highest BCUT2D eigenvalue weighted by Crippen LogP contribution is 2.18. The van der Waals surface area contributed by atoms with Crippen molar-refractivity contribution in [2.75, 3.05) is 5.73 Å². The minimum absolute atomic E-state index is 0.576. The predicted molar refractivity (Wildman–Crippen MR) is 67.9 cm³/mol. The summed E-state index contributed by atoms with van der Waals surface area (Å²) in [5.74, 6) is 0.640. The Bertz CT molecular complexity index is 334. The van der Waals surface area contributed by atoms with E-state index < -0.39 is 0 Å². The summed E-state index contributed by atoms with van der Waals surface area (Å²) in [5.41, 5.74) is 14.5. The SMILES string of the molecule is CC1CC(C(C)Cc2ccc(N)cc2)NN1. The Balaban J connectivity index is 1.91. The van der Waals surface area contributed by atoms with Crippen molar-refractivity contribution in [3.8, 4) is 0 Å². The number of nitrogens with one attached hydrogen (secondary N) is 2. The second-order valence-electron chi connectivity index (χ2n) is 4.95. The first-order valence-corrected chi connectivity index (χ1v) is 6.00. The fraction of sp³-hybridized carbons (Fsp3) is 0.538. The molecule has 0 aromatic heterocycles. The maximum absolute atomic E-state index is 5.68. The first kappa shape index (κ1) is 11.4. The molecule has 3 heteroatoms. The van der Waals surface area contributed by atoms with Gasteiger partial charge in [-0.05, 0) is 43.4 Å². The van der Waals surface area contributed by atoms with E-state index in [-0.39, 0.29) is 0 Å². The Hall–Kier alpha value is -1.06. The lowest BCUT2D eigenvalue weighted by molar-refractivity contribution is 0.401. The molecule has 88 valence electrons. The average Bonchev–Trinajstić information content (AvgIpc) is 2.68. The number of benzene rings is 1. The molecule has 3 unspecified atom stereocenters. The smallest absolute Gasteiger partial charge is 0.0314 e. The van der Waals surface area contributed by atoms with Crippen LogP contribution in [0.25, 0.3) is 0 Å². The maximum Gasteiger partial charge on any atom is 0.0314 e. The van der Waals surface area contributed by atoms with E-state index in [1.165, 1.54) is 12.0 Å². The minimum atomic E-state index is 0.576. The van der Waals surface area contributed by atoms with Gasteiger partial charge in [0, 0.05) is 17.8 Å². The summed E-state index contributed by atoms with van der Waals surface area (Å²) in [7, 11) is 0. The summed E-state index contributed by atoms with van der Waals surface area (Å²) in [4.78, 5) is 0. The van der Waals surface area contributed by atoms with Crippen molar-refractivity contribution >= 4 is 5.69 Å². The zero-order valence-electron chi connectivity index (χ0n) is 10.0. The molecule has 16 heavy (non-hydrogen) atoms. The summed E-state index contributed by atoms with van der Waals surface area (Å²) in [5, 5.41) is 0. The Labute approximate surface area is 97.4 Å². The largest absolute Gasteiger partial charge is 0.399 e. The quantitative estimate of drug-likeness (QED) is 0.678. The van der Waals surface area contributed by atoms with E-state index in [9.17, 15) is 0 Å². The third-order valence-electron chi connectivity index (χ3n) is 3.35. The Morgan fingerprint density at radius 2 is 2.00 bits per heavy atom. The van der Waals surface area contributed by atoms with Crippen LogP contribution in [0.4, 0.5) is 5.69 Å². The number of hydrogen-bond donors (Lipinski definition) is 3. The van der Waals surface area contributed by atoms with E-state index in [2.05, 4.69) is 36.8 Å². The molecule has 1 aromatic rings. The molecule has 0 radical (unpaired) electrons. The van der Waals surface area contributed by atoms with Crippen LogP contribution < -0.4 is 16.6 Å². The van der Waals surface area contributed by atoms with Crippen molar-refractivity contribution < 1.29 is 0 Å². The molecule has 1 saturated heterocycles. The van der Waals surface area contributed by atoms with Crippen LogP contribution in [0.2, 0.25) is 0 Å². The van der Waals surface area contributed by atoms with E-state index in [0.29, 0.717) is 18.0 Å². The van der Waals surface area contributed by atoms with Gasteiger partial charge in [0.2, 0.25) is 0 Å². The molecule has 0 saturated carbocycles. The molecular weight excluding hydrogens is 198 g/mol. The van der Waals surface area contributed by atoms with Gasteiger partial charge in [-0.3, -0.25) is 10.9 Å². The van der Waals surface area contributed by atoms with Gasteiger partial charge in [-0.15, -0.1) is 0 Å². The van der Waals surface area contributed by atoms with Crippen LogP contribution in [-0.2, 0) is 6.42 Å². The summed E-state index contributed by atoms with van der Waals surface area (Å²) in [6, 6.07) is 9.36. The topological polar surface area (TPSA) is 50.1 Å². The van der Waals surface area contributed by atoms with Gasteiger partial charge in [0.05, 0.1) is 0 Å². The van der Waals surface area contributed by atoms with Gasteiger partial charge in [0.1, 0.15) is 0 Å². The molecule has 3 nitrogen and oxygen atoms in total. The second-order valence-corrected chi connectivity index (χ2v) is 4.95. The van der Waals surface area contributed by atoms with Crippen LogP contribution in [0, 0.1) is 5.92 Å². The van der Waals surface area contributed by atoms with Crippen molar-refractivity contribution in [3.63, 3.8) is 0 Å². The van der Waals surface area contributed by atoms with Gasteiger partial charge in [0.15, 0.2) is 0 Å². The molecule has 0 amide bonds. The normalized spacial score (nSPS) is 26.9. The Morgan fingerprint density at radius 3 is 2.56 bits per heavy atom. The molecule has 1 aliphatic heterocycles. The van der Waals surface area contributed by atoms with Crippen molar-refractivity contribution in [1.29, 1.82) is 0 Å². The van der Waals surface area contributed by atoms with Crippen LogP contribution in [0.1, 0.15) is 25.8 Å². The van der Waals surface area contributed by atoms with E-state index >= 15 is 0 Å². The van der Waals surface area contributed by atoms with Crippen LogP contribution in [-0.4, -0.2) is 12.1 Å². The van der Waals surface area contributed by atoms with Crippen molar-refractivity contribution in [1.82, 2.24) is 10.9 Å². The lowest BCUT2D eigenvalue weighted by Crippen LogP contribution is -2.36. The van der Waals surface area contributed by atoms with E-state index in [4.69, 9.17) is 5.73 Å². The van der Waals surface area contributed by atoms with Crippen molar-refractivity contribution in [2.45, 2.75) is 38.8 Å². The predicted octanol–water partition coefficient (Wildman–Crippen LogP) is 1.70. The molecule has 1 heterocycles. The number of hydrazine groups is 1. The fourth-order valence-corrected chi connectivity index (χ4v) is 2.29. The van der Waals surface area contributed by atoms with Crippen LogP contribution >= 0.6 is 0 Å². The molecule has 1 fully saturated rings. The lowest BCUT2D eigenvalue weighted by Gasteiger charge is -2.18. The van der Waals surface area contributed by atoms with Crippen molar-refractivity contribution in [2.24, 2.45) is 5.92 Å². The summed E-state index contributed by atoms with van der Waals surface area (Å²) >= 11 is 0. The van der Waals surface area contributed by atoms with Crippen LogP contribution in [0.3, 0.4) is 0 Å². The van der Waals surface area contributed by atoms with Gasteiger partial charge in [-0.1, -0.05) is 19.1 Å². The lowest BCUT2D eigenvalue weighted by atomic mass is 9.92. The number of rotatable bonds is 3. The number of hydrogen-bond acceptors (Lipinski definition) is 3. The van der Waals surface area contributed by atoms with E-state index in [0.717, 1.165) is 12.1 Å². The third kappa shape index (κ3) is 2.74. The maximum atomic E-state index is 5.68. The van der Waals surface area contributed by atoms with E-state index in [1.807, 2.05) is 12.1 Å². The summed E-state index contributed by atoms with van der Waals surface area (Å²) < 4.78 is 0. The van der Waals surface area contributed by atoms with Gasteiger partial charge in [-0.25, -0.2) is 0 Å². The highest BCUT2D eigenvalue weighted by atomic mass is 15.4. The van der Waals surface area contributed by atoms with Gasteiger partial charge < -0.3 is 5.73 Å². The highest BCUT2D eigenvalue weighted by molar-refractivity contribution is 5.39. The zero-order chi connectivity index (χ0) is 11.5. The average molecular weight is 219 g/mol. The first-order valence-electron chi connectivity index (χ1n) is 6.00. The summed E-state index contributed by atoms with van der Waals surface area (Å²) in [6.45, 7) is 4.51. The molecule has 3 atom stereocenters. The van der Waals surface area contributed by atoms with Gasteiger partial charge >= 0.3 is 0 Å². The van der Waals surface area contributed by atoms with Crippen LogP contribution in [0.5, 0.6) is 0 Å². The molecule has 0 bridgehead atoms. The monoisotopic (exact) mass is 219 g/mol. The van der Waals surface area contributed by atoms with Crippen molar-refractivity contribution in [3.05, 3.63) is 29.8 Å². The highest BCUT2D eigenvalue weighted by Gasteiger charge is 2.25. The molecular formula is C13H21N3. The molecule has 4 N–H and O–H groups in total. The van der Waals surface area contributed by atoms with E-state index in [1.54, 1.807) is 0 Å². The Morgan fingerprint density at radius 1 is 1.31 bits per heavy atom. The molecule has 1 aromatic carbocycles. The Kier molecular flexibility index (Phi) is 3.46. The number of nitrogens with two attached hydrogens (primary N) is 1. The number of anilines is 1. The van der Waals surface area contributed by atoms with Gasteiger partial charge in [-0.2, -0.15) is 0 Å². The molecule has 2 rings (SSSR count). The molecule has 0 aliphatic carbocycles.